The number of aromatic nitrogens is 9. The van der Waals surface area contributed by atoms with Gasteiger partial charge in [-0.1, -0.05) is 217 Å². The van der Waals surface area contributed by atoms with Gasteiger partial charge in [-0.3, -0.25) is 0 Å². The highest BCUT2D eigenvalue weighted by atomic mass is 32.1. The second-order valence-electron chi connectivity index (χ2n) is 32.0. The second-order valence-corrected chi connectivity index (χ2v) is 33.1. The van der Waals surface area contributed by atoms with E-state index in [2.05, 4.69) is 152 Å². The maximum Gasteiger partial charge on any atom is 0.344 e. The van der Waals surface area contributed by atoms with E-state index in [0.717, 1.165) is 159 Å². The van der Waals surface area contributed by atoms with Crippen molar-refractivity contribution in [1.29, 1.82) is 0 Å². The Morgan fingerprint density at radius 3 is 1.27 bits per heavy atom. The fourth-order valence-corrected chi connectivity index (χ4v) is 15.7. The van der Waals surface area contributed by atoms with Crippen molar-refractivity contribution >= 4 is 134 Å². The minimum absolute atomic E-state index is 0.0726. The van der Waals surface area contributed by atoms with Crippen LogP contribution in [0.15, 0.2) is 351 Å². The SMILES string of the molecule is CC(C)(C)c1ccc2oc(-c3ccc(-c4nc5cc(C(C)(C)C)ccc5o4)s3)nc2c1.Cc1ccc2oc(-c3ccc(/C=C/c4ccc(-c5nc6ccccc6o5)cc4)cc3)nc2c1.O=c1oc2cc(-n3nc4ccc5ccccc5c4n3)ccc2cc1-c1ccccc1.c1ccc2oc(-c3ccc(-c4nc5ccccc5o4)c4ccccc34)nc2c1. The molecular weight excluding hydrogens is 1540 g/mol. The molecule has 122 heavy (non-hydrogen) atoms. The van der Waals surface area contributed by atoms with Crippen LogP contribution in [0.4, 0.5) is 0 Å². The van der Waals surface area contributed by atoms with Crippen LogP contribution in [-0.2, 0) is 10.8 Å². The van der Waals surface area contributed by atoms with E-state index in [1.807, 2.05) is 243 Å². The Morgan fingerprint density at radius 2 is 0.738 bits per heavy atom. The predicted molar refractivity (Wildman–Crippen MR) is 488 cm³/mol. The van der Waals surface area contributed by atoms with Gasteiger partial charge >= 0.3 is 5.63 Å². The van der Waals surface area contributed by atoms with Gasteiger partial charge in [-0.2, -0.15) is 4.80 Å². The minimum atomic E-state index is -0.365. The summed E-state index contributed by atoms with van der Waals surface area (Å²) < 4.78 is 41.5. The molecule has 0 radical (unpaired) electrons. The second kappa shape index (κ2) is 31.1. The largest absolute Gasteiger partial charge is 0.436 e. The molecule has 23 aromatic rings. The zero-order valence-corrected chi connectivity index (χ0v) is 68.2. The van der Waals surface area contributed by atoms with Crippen molar-refractivity contribution < 1.29 is 30.9 Å². The first-order valence-electron chi connectivity index (χ1n) is 40.1. The molecule has 9 aromatic heterocycles. The first kappa shape index (κ1) is 75.2. The van der Waals surface area contributed by atoms with Crippen LogP contribution >= 0.6 is 11.3 Å². The maximum atomic E-state index is 12.6. The van der Waals surface area contributed by atoms with Crippen LogP contribution in [0.3, 0.4) is 0 Å². The van der Waals surface area contributed by atoms with Crippen molar-refractivity contribution in [2.45, 2.75) is 59.3 Å². The first-order chi connectivity index (χ1) is 59.4. The zero-order valence-electron chi connectivity index (χ0n) is 67.4. The molecule has 0 spiro atoms. The van der Waals surface area contributed by atoms with Gasteiger partial charge in [0.2, 0.25) is 35.3 Å². The Kier molecular flexibility index (Phi) is 19.2. The summed E-state index contributed by atoms with van der Waals surface area (Å²) in [4.78, 5) is 44.0. The first-order valence-corrected chi connectivity index (χ1v) is 40.9. The molecule has 0 aliphatic rings. The van der Waals surface area contributed by atoms with Gasteiger partial charge in [0.1, 0.15) is 49.7 Å². The molecule has 0 aliphatic heterocycles. The maximum absolute atomic E-state index is 12.6. The Labute approximate surface area is 702 Å². The summed E-state index contributed by atoms with van der Waals surface area (Å²) in [6.45, 7) is 15.3. The molecule has 0 amide bonds. The summed E-state index contributed by atoms with van der Waals surface area (Å²) in [5.74, 6) is 3.76. The molecule has 9 heterocycles. The van der Waals surface area contributed by atoms with E-state index in [1.165, 1.54) is 16.7 Å². The van der Waals surface area contributed by atoms with Crippen molar-refractivity contribution in [3.63, 3.8) is 0 Å². The number of hydrogen-bond acceptors (Lipinski definition) is 17. The summed E-state index contributed by atoms with van der Waals surface area (Å²) in [6.07, 6.45) is 4.18. The normalized spacial score (nSPS) is 11.9. The van der Waals surface area contributed by atoms with Gasteiger partial charge < -0.3 is 30.9 Å². The number of thiophene rings is 1. The topological polar surface area (TPSA) is 217 Å². The predicted octanol–water partition coefficient (Wildman–Crippen LogP) is 27.5. The van der Waals surface area contributed by atoms with Gasteiger partial charge in [-0.15, -0.1) is 21.5 Å². The zero-order chi connectivity index (χ0) is 82.7. The lowest BCUT2D eigenvalue weighted by Crippen LogP contribution is -2.10. The molecule has 14 aromatic carbocycles. The summed E-state index contributed by atoms with van der Waals surface area (Å²) in [5, 5.41) is 14.4. The summed E-state index contributed by atoms with van der Waals surface area (Å²) in [5.41, 5.74) is 23.7. The van der Waals surface area contributed by atoms with Crippen molar-refractivity contribution in [2.24, 2.45) is 0 Å². The van der Waals surface area contributed by atoms with E-state index in [4.69, 9.17) is 46.0 Å². The van der Waals surface area contributed by atoms with Crippen molar-refractivity contribution in [1.82, 2.24) is 44.9 Å². The molecule has 0 fully saturated rings. The van der Waals surface area contributed by atoms with E-state index < -0.39 is 0 Å². The van der Waals surface area contributed by atoms with Gasteiger partial charge in [0, 0.05) is 39.1 Å². The number of aryl methyl sites for hydroxylation is 1. The van der Waals surface area contributed by atoms with E-state index in [1.54, 1.807) is 22.2 Å². The highest BCUT2D eigenvalue weighted by Crippen LogP contribution is 2.41. The smallest absolute Gasteiger partial charge is 0.344 e. The molecule has 0 atom stereocenters. The molecule has 0 N–H and O–H groups in total. The van der Waals surface area contributed by atoms with E-state index in [9.17, 15) is 4.79 Å². The fraction of sp³-hybridized carbons (Fsp3) is 0.0865. The third-order valence-corrected chi connectivity index (χ3v) is 22.5. The third-order valence-electron chi connectivity index (χ3n) is 21.4. The summed E-state index contributed by atoms with van der Waals surface area (Å²) in [6, 6.07) is 104. The molecule has 0 aliphatic carbocycles. The number of benzene rings is 14. The molecule has 23 rings (SSSR count). The molecule has 0 bridgehead atoms. The van der Waals surface area contributed by atoms with Gasteiger partial charge in [-0.25, -0.2) is 34.7 Å². The Bertz CT molecular complexity index is 7660. The lowest BCUT2D eigenvalue weighted by Gasteiger charge is -2.18. The number of fused-ring (bicyclic) bond motifs is 11. The number of rotatable bonds is 10. The molecule has 18 heteroatoms. The molecule has 0 saturated heterocycles. The van der Waals surface area contributed by atoms with Gasteiger partial charge in [0.15, 0.2) is 33.5 Å². The van der Waals surface area contributed by atoms with Gasteiger partial charge in [-0.05, 0) is 213 Å². The Morgan fingerprint density at radius 1 is 0.303 bits per heavy atom. The average molecular weight is 1610 g/mol. The van der Waals surface area contributed by atoms with E-state index >= 15 is 0 Å². The van der Waals surface area contributed by atoms with Gasteiger partial charge in [0.05, 0.1) is 21.0 Å². The van der Waals surface area contributed by atoms with Crippen molar-refractivity contribution in [3.05, 3.63) is 354 Å². The third kappa shape index (κ3) is 15.2. The van der Waals surface area contributed by atoms with Crippen molar-refractivity contribution in [3.8, 4) is 84.2 Å². The fourth-order valence-electron chi connectivity index (χ4n) is 14.8. The molecule has 0 unspecified atom stereocenters. The Hall–Kier alpha value is -15.5. The van der Waals surface area contributed by atoms with Crippen LogP contribution < -0.4 is 5.63 Å². The standard InChI is InChI=1S/C29H20N2O2.C26H26N2O2S.C25H15N3O2.C24H14N2O2/c1-19-6-17-27-25(18-19)31-29(33-27)23-15-11-21(12-16-23)8-7-20-9-13-22(14-10-20)28-30-24-4-2-3-5-26(24)32-28;1-25(2,3)15-7-9-19-17(13-15)27-23(29-19)21-11-12-22(31-21)24-28-18-14-16(26(4,5)6)8-10-20(18)30-24;29-25-21(16-6-2-1-3-7-16)14-18-10-12-19(15-23(18)30-25)28-26-22-13-11-17-8-4-5-9-20(17)24(22)27-28;1-2-8-16-15(7-1)17(23-25-19-9-3-5-11-21(19)27-23)13-14-18(16)24-26-20-10-4-6-12-22(20)28-24/h2-18H,1H3;7-14H,1-6H3;1-15H;1-14H/b8-7+;;;. The van der Waals surface area contributed by atoms with Crippen LogP contribution in [0.2, 0.25) is 0 Å². The van der Waals surface area contributed by atoms with Gasteiger partial charge in [0.25, 0.3) is 0 Å². The van der Waals surface area contributed by atoms with Crippen LogP contribution in [0.1, 0.15) is 69.4 Å². The molecule has 590 valence electrons. The van der Waals surface area contributed by atoms with Crippen LogP contribution in [-0.4, -0.2) is 44.9 Å². The summed E-state index contributed by atoms with van der Waals surface area (Å²) >= 11 is 1.58. The highest BCUT2D eigenvalue weighted by molar-refractivity contribution is 7.18. The number of nitrogens with zero attached hydrogens (tertiary/aromatic N) is 9. The lowest BCUT2D eigenvalue weighted by atomic mass is 9.87. The summed E-state index contributed by atoms with van der Waals surface area (Å²) in [7, 11) is 0. The van der Waals surface area contributed by atoms with E-state index in [0.29, 0.717) is 46.5 Å². The quantitative estimate of drug-likeness (QED) is 0.0918. The van der Waals surface area contributed by atoms with Crippen LogP contribution in [0.25, 0.3) is 206 Å². The Balaban J connectivity index is 0.000000104. The minimum Gasteiger partial charge on any atom is -0.436 e. The van der Waals surface area contributed by atoms with Crippen LogP contribution in [0, 0.1) is 6.92 Å². The number of hydrogen-bond donors (Lipinski definition) is 0. The lowest BCUT2D eigenvalue weighted by molar-refractivity contribution is 0.562. The highest BCUT2D eigenvalue weighted by Gasteiger charge is 2.23. The van der Waals surface area contributed by atoms with Crippen LogP contribution in [0.5, 0.6) is 0 Å². The van der Waals surface area contributed by atoms with Crippen molar-refractivity contribution in [2.75, 3.05) is 0 Å². The molecule has 0 saturated carbocycles. The van der Waals surface area contributed by atoms with E-state index in [-0.39, 0.29) is 16.5 Å². The monoisotopic (exact) mass is 1610 g/mol. The molecule has 17 nitrogen and oxygen atoms in total. The number of oxazole rings is 6. The number of para-hydroxylation sites is 6. The molecular formula is C104H75N9O8S. The average Bonchev–Trinajstić information content (AvgIpc) is 1.31.